The second-order valence-corrected chi connectivity index (χ2v) is 7.71. The molecule has 0 atom stereocenters. The highest BCUT2D eigenvalue weighted by Crippen LogP contribution is 2.14. The molecule has 0 saturated heterocycles. The Hall–Kier alpha value is -0.980. The van der Waals surface area contributed by atoms with Gasteiger partial charge in [-0.25, -0.2) is 8.42 Å². The zero-order valence-corrected chi connectivity index (χ0v) is 14.5. The number of rotatable bonds is 8. The third kappa shape index (κ3) is 5.05. The van der Waals surface area contributed by atoms with E-state index in [9.17, 15) is 8.42 Å². The average molecular weight is 329 g/mol. The van der Waals surface area contributed by atoms with Crippen molar-refractivity contribution >= 4 is 27.0 Å². The van der Waals surface area contributed by atoms with Crippen molar-refractivity contribution in [3.8, 4) is 0 Å². The van der Waals surface area contributed by atoms with Crippen molar-refractivity contribution in [2.24, 2.45) is 5.73 Å². The smallest absolute Gasteiger partial charge is 0.179 e. The first-order chi connectivity index (χ1) is 9.81. The molecule has 0 spiro atoms. The summed E-state index contributed by atoms with van der Waals surface area (Å²) in [6, 6.07) is 6.87. The fourth-order valence-electron chi connectivity index (χ4n) is 2.30. The lowest BCUT2D eigenvalue weighted by Crippen LogP contribution is -2.34. The minimum Gasteiger partial charge on any atom is -0.389 e. The molecule has 0 amide bonds. The van der Waals surface area contributed by atoms with Crippen molar-refractivity contribution in [2.75, 3.05) is 19.3 Å². The Morgan fingerprint density at radius 3 is 2.19 bits per heavy atom. The van der Waals surface area contributed by atoms with E-state index in [2.05, 4.69) is 18.7 Å². The Morgan fingerprint density at radius 2 is 1.76 bits per heavy atom. The summed E-state index contributed by atoms with van der Waals surface area (Å²) >= 11 is 4.86. The van der Waals surface area contributed by atoms with Crippen LogP contribution in [0, 0.1) is 0 Å². The maximum atomic E-state index is 12.3. The first-order valence-electron chi connectivity index (χ1n) is 7.14. The van der Waals surface area contributed by atoms with E-state index in [0.717, 1.165) is 12.8 Å². The summed E-state index contributed by atoms with van der Waals surface area (Å²) in [5.74, 6) is 0.117. The highest BCUT2D eigenvalue weighted by atomic mass is 32.2. The van der Waals surface area contributed by atoms with Crippen molar-refractivity contribution in [1.29, 1.82) is 0 Å². The van der Waals surface area contributed by atoms with Crippen LogP contribution in [0.2, 0.25) is 0 Å². The number of nitrogens with two attached hydrogens (primary N) is 1. The van der Waals surface area contributed by atoms with Crippen LogP contribution in [0.3, 0.4) is 0 Å². The van der Waals surface area contributed by atoms with Gasteiger partial charge in [0.2, 0.25) is 0 Å². The van der Waals surface area contributed by atoms with Crippen molar-refractivity contribution < 1.29 is 8.42 Å². The van der Waals surface area contributed by atoms with E-state index < -0.39 is 9.84 Å². The molecule has 21 heavy (non-hydrogen) atoms. The molecule has 2 N–H and O–H groups in total. The Morgan fingerprint density at radius 1 is 1.24 bits per heavy atom. The van der Waals surface area contributed by atoms with E-state index in [1.807, 2.05) is 7.05 Å². The first kappa shape index (κ1) is 18.1. The number of sulfone groups is 1. The molecule has 118 valence electrons. The van der Waals surface area contributed by atoms with Gasteiger partial charge in [-0.2, -0.15) is 0 Å². The number of hydrogen-bond acceptors (Lipinski definition) is 4. The van der Waals surface area contributed by atoms with Crippen molar-refractivity contribution in [3.63, 3.8) is 0 Å². The molecule has 6 heteroatoms. The summed E-state index contributed by atoms with van der Waals surface area (Å²) in [6.07, 6.45) is 2.05. The molecular weight excluding hydrogens is 304 g/mol. The van der Waals surface area contributed by atoms with Crippen LogP contribution in [0.4, 0.5) is 0 Å². The van der Waals surface area contributed by atoms with Crippen molar-refractivity contribution in [1.82, 2.24) is 4.90 Å². The van der Waals surface area contributed by atoms with Gasteiger partial charge in [0.05, 0.1) is 10.6 Å². The lowest BCUT2D eigenvalue weighted by molar-refractivity contribution is 0.242. The fourth-order valence-corrected chi connectivity index (χ4v) is 3.75. The van der Waals surface area contributed by atoms with Gasteiger partial charge in [-0.15, -0.1) is 0 Å². The molecule has 1 rings (SSSR count). The standard InChI is InChI=1S/C15H24N2O2S2/c1-4-13(5-2)17(3)10-11-21(18,19)14-8-6-12(7-9-14)15(16)20/h6-9,13H,4-5,10-11H2,1-3H3,(H2,16,20). The van der Waals surface area contributed by atoms with Crippen molar-refractivity contribution in [2.45, 2.75) is 37.6 Å². The van der Waals surface area contributed by atoms with Crippen LogP contribution in [-0.4, -0.2) is 43.7 Å². The second kappa shape index (κ2) is 7.87. The molecule has 0 aliphatic heterocycles. The SMILES string of the molecule is CCC(CC)N(C)CCS(=O)(=O)c1ccc(C(N)=S)cc1. The minimum absolute atomic E-state index is 0.117. The van der Waals surface area contributed by atoms with E-state index in [-0.39, 0.29) is 10.7 Å². The highest BCUT2D eigenvalue weighted by Gasteiger charge is 2.18. The van der Waals surface area contributed by atoms with Gasteiger partial charge in [-0.3, -0.25) is 0 Å². The van der Waals surface area contributed by atoms with E-state index in [4.69, 9.17) is 18.0 Å². The largest absolute Gasteiger partial charge is 0.389 e. The van der Waals surface area contributed by atoms with E-state index >= 15 is 0 Å². The molecular formula is C15H24N2O2S2. The summed E-state index contributed by atoms with van der Waals surface area (Å²) in [6.45, 7) is 4.77. The fraction of sp³-hybridized carbons (Fsp3) is 0.533. The van der Waals surface area contributed by atoms with Gasteiger partial charge < -0.3 is 10.6 Å². The van der Waals surface area contributed by atoms with Crippen LogP contribution in [-0.2, 0) is 9.84 Å². The molecule has 0 aromatic heterocycles. The third-order valence-corrected chi connectivity index (χ3v) is 5.72. The molecule has 0 unspecified atom stereocenters. The second-order valence-electron chi connectivity index (χ2n) is 5.16. The maximum absolute atomic E-state index is 12.3. The molecule has 0 aliphatic rings. The van der Waals surface area contributed by atoms with E-state index in [0.29, 0.717) is 23.0 Å². The van der Waals surface area contributed by atoms with Gasteiger partial charge in [0, 0.05) is 18.2 Å². The minimum atomic E-state index is -3.27. The zero-order chi connectivity index (χ0) is 16.0. The normalized spacial score (nSPS) is 12.0. The molecule has 0 aliphatic carbocycles. The van der Waals surface area contributed by atoms with Crippen LogP contribution in [0.5, 0.6) is 0 Å². The molecule has 0 bridgehead atoms. The van der Waals surface area contributed by atoms with Gasteiger partial charge in [0.25, 0.3) is 0 Å². The molecule has 0 saturated carbocycles. The maximum Gasteiger partial charge on any atom is 0.179 e. The van der Waals surface area contributed by atoms with Gasteiger partial charge in [0.15, 0.2) is 9.84 Å². The third-order valence-electron chi connectivity index (χ3n) is 3.78. The van der Waals surface area contributed by atoms with Crippen LogP contribution in [0.1, 0.15) is 32.3 Å². The highest BCUT2D eigenvalue weighted by molar-refractivity contribution is 7.91. The van der Waals surface area contributed by atoms with Crippen molar-refractivity contribution in [3.05, 3.63) is 29.8 Å². The van der Waals surface area contributed by atoms with Gasteiger partial charge >= 0.3 is 0 Å². The summed E-state index contributed by atoms with van der Waals surface area (Å²) in [4.78, 5) is 2.70. The molecule has 4 nitrogen and oxygen atoms in total. The monoisotopic (exact) mass is 328 g/mol. The van der Waals surface area contributed by atoms with Gasteiger partial charge in [0.1, 0.15) is 4.99 Å². The molecule has 0 radical (unpaired) electrons. The van der Waals surface area contributed by atoms with Gasteiger partial charge in [-0.05, 0) is 32.0 Å². The molecule has 0 heterocycles. The quantitative estimate of drug-likeness (QED) is 0.741. The summed E-state index contributed by atoms with van der Waals surface area (Å²) in [7, 11) is -1.30. The summed E-state index contributed by atoms with van der Waals surface area (Å²) in [5.41, 5.74) is 6.19. The topological polar surface area (TPSA) is 63.4 Å². The number of thiocarbonyl (C=S) groups is 1. The summed E-state index contributed by atoms with van der Waals surface area (Å²) in [5, 5.41) is 0. The number of nitrogens with zero attached hydrogens (tertiary/aromatic N) is 1. The first-order valence-corrected chi connectivity index (χ1v) is 9.20. The van der Waals surface area contributed by atoms with E-state index in [1.165, 1.54) is 0 Å². The Labute approximate surface area is 133 Å². The zero-order valence-electron chi connectivity index (χ0n) is 12.9. The van der Waals surface area contributed by atoms with Crippen LogP contribution < -0.4 is 5.73 Å². The van der Waals surface area contributed by atoms with Crippen LogP contribution in [0.15, 0.2) is 29.2 Å². The van der Waals surface area contributed by atoms with Gasteiger partial charge in [-0.1, -0.05) is 38.2 Å². The molecule has 0 fully saturated rings. The van der Waals surface area contributed by atoms with Crippen LogP contribution >= 0.6 is 12.2 Å². The van der Waals surface area contributed by atoms with E-state index in [1.54, 1.807) is 24.3 Å². The number of hydrogen-bond donors (Lipinski definition) is 1. The predicted molar refractivity (Wildman–Crippen MR) is 91.4 cm³/mol. The lowest BCUT2D eigenvalue weighted by atomic mass is 10.1. The Balaban J connectivity index is 2.75. The molecule has 1 aromatic carbocycles. The Kier molecular flexibility index (Phi) is 6.77. The number of benzene rings is 1. The molecule has 1 aromatic rings. The predicted octanol–water partition coefficient (Wildman–Crippen LogP) is 2.21. The lowest BCUT2D eigenvalue weighted by Gasteiger charge is -2.25. The average Bonchev–Trinajstić information content (AvgIpc) is 2.46. The summed E-state index contributed by atoms with van der Waals surface area (Å²) < 4.78 is 24.7. The van der Waals surface area contributed by atoms with Crippen LogP contribution in [0.25, 0.3) is 0 Å². The Bertz CT molecular complexity index is 564.